The molecule has 0 saturated heterocycles. The summed E-state index contributed by atoms with van der Waals surface area (Å²) >= 11 is 0. The number of ether oxygens (including phenoxy) is 2. The zero-order valence-corrected chi connectivity index (χ0v) is 21.2. The van der Waals surface area contributed by atoms with Gasteiger partial charge in [0.05, 0.1) is 23.8 Å². The van der Waals surface area contributed by atoms with Crippen molar-refractivity contribution < 1.29 is 22.7 Å². The smallest absolute Gasteiger partial charge is 0.264 e. The first-order valence-electron chi connectivity index (χ1n) is 11.9. The van der Waals surface area contributed by atoms with Crippen molar-refractivity contribution in [1.29, 1.82) is 0 Å². The van der Waals surface area contributed by atoms with Crippen LogP contribution in [0.4, 0.5) is 5.69 Å². The zero-order valence-electron chi connectivity index (χ0n) is 20.4. The molecule has 3 rings (SSSR count). The Bertz CT molecular complexity index is 1050. The number of amides is 1. The number of hydrogen-bond acceptors (Lipinski definition) is 5. The number of methoxy groups -OCH3 is 1. The van der Waals surface area contributed by atoms with Gasteiger partial charge in [0.15, 0.2) is 0 Å². The average Bonchev–Trinajstić information content (AvgIpc) is 2.83. The highest BCUT2D eigenvalue weighted by atomic mass is 32.2. The highest BCUT2D eigenvalue weighted by Gasteiger charge is 2.29. The number of carbonyl (C=O) groups is 1. The monoisotopic (exact) mass is 488 g/mol. The van der Waals surface area contributed by atoms with E-state index in [-0.39, 0.29) is 17.3 Å². The molecule has 186 valence electrons. The van der Waals surface area contributed by atoms with E-state index in [9.17, 15) is 13.2 Å². The standard InChI is InChI=1S/C26H36N2O5S/c1-20-10-13-23(14-11-20)34(30,31)28(24-18-21(2)12-15-25(24)32-3)19-26(29)27-16-7-17-33-22-8-5-4-6-9-22/h10-15,18,22H,4-9,16-17,19H2,1-3H3,(H,27,29). The third kappa shape index (κ3) is 6.96. The van der Waals surface area contributed by atoms with Crippen LogP contribution in [0.5, 0.6) is 5.75 Å². The number of nitrogens with one attached hydrogen (secondary N) is 1. The molecule has 0 aromatic heterocycles. The molecule has 1 fully saturated rings. The van der Waals surface area contributed by atoms with Crippen LogP contribution in [0.2, 0.25) is 0 Å². The largest absolute Gasteiger partial charge is 0.495 e. The Morgan fingerprint density at radius 2 is 1.71 bits per heavy atom. The first-order valence-corrected chi connectivity index (χ1v) is 13.4. The van der Waals surface area contributed by atoms with E-state index in [1.165, 1.54) is 26.4 Å². The van der Waals surface area contributed by atoms with Gasteiger partial charge in [-0.25, -0.2) is 8.42 Å². The number of benzene rings is 2. The van der Waals surface area contributed by atoms with Crippen molar-refractivity contribution in [3.8, 4) is 5.75 Å². The lowest BCUT2D eigenvalue weighted by atomic mass is 9.98. The van der Waals surface area contributed by atoms with E-state index in [1.54, 1.807) is 36.4 Å². The van der Waals surface area contributed by atoms with Gasteiger partial charge in [0.1, 0.15) is 12.3 Å². The van der Waals surface area contributed by atoms with Crippen LogP contribution in [0, 0.1) is 13.8 Å². The van der Waals surface area contributed by atoms with Crippen LogP contribution in [0.25, 0.3) is 0 Å². The van der Waals surface area contributed by atoms with E-state index in [1.807, 2.05) is 19.9 Å². The maximum absolute atomic E-state index is 13.6. The van der Waals surface area contributed by atoms with E-state index >= 15 is 0 Å². The quantitative estimate of drug-likeness (QED) is 0.475. The number of rotatable bonds is 11. The summed E-state index contributed by atoms with van der Waals surface area (Å²) in [5.74, 6) is 0.00637. The highest BCUT2D eigenvalue weighted by molar-refractivity contribution is 7.92. The van der Waals surface area contributed by atoms with Gasteiger partial charge in [-0.3, -0.25) is 9.10 Å². The minimum absolute atomic E-state index is 0.121. The Morgan fingerprint density at radius 3 is 2.38 bits per heavy atom. The van der Waals surface area contributed by atoms with Crippen LogP contribution >= 0.6 is 0 Å². The Kier molecular flexibility index (Phi) is 9.36. The molecular weight excluding hydrogens is 452 g/mol. The van der Waals surface area contributed by atoms with Gasteiger partial charge in [0.25, 0.3) is 10.0 Å². The Morgan fingerprint density at radius 1 is 1.03 bits per heavy atom. The Hall–Kier alpha value is -2.58. The molecule has 8 heteroatoms. The third-order valence-corrected chi connectivity index (χ3v) is 7.82. The lowest BCUT2D eigenvalue weighted by Crippen LogP contribution is -2.41. The first kappa shape index (κ1) is 26.0. The van der Waals surface area contributed by atoms with Gasteiger partial charge in [-0.2, -0.15) is 0 Å². The fourth-order valence-corrected chi connectivity index (χ4v) is 5.52. The number of carbonyl (C=O) groups excluding carboxylic acids is 1. The molecule has 1 saturated carbocycles. The molecule has 7 nitrogen and oxygen atoms in total. The summed E-state index contributed by atoms with van der Waals surface area (Å²) in [6.45, 7) is 4.42. The van der Waals surface area contributed by atoms with Crippen molar-refractivity contribution in [3.05, 3.63) is 53.6 Å². The molecule has 1 amide bonds. The average molecular weight is 489 g/mol. The maximum atomic E-state index is 13.6. The van der Waals surface area contributed by atoms with Crippen LogP contribution in [0.3, 0.4) is 0 Å². The second-order valence-electron chi connectivity index (χ2n) is 8.83. The van der Waals surface area contributed by atoms with E-state index in [4.69, 9.17) is 9.47 Å². The van der Waals surface area contributed by atoms with Gasteiger partial charge in [0.2, 0.25) is 5.91 Å². The van der Waals surface area contributed by atoms with Crippen molar-refractivity contribution in [2.24, 2.45) is 0 Å². The van der Waals surface area contributed by atoms with Crippen LogP contribution in [0.15, 0.2) is 47.4 Å². The second kappa shape index (κ2) is 12.2. The summed E-state index contributed by atoms with van der Waals surface area (Å²) in [7, 11) is -2.51. The predicted octanol–water partition coefficient (Wildman–Crippen LogP) is 4.36. The number of hydrogen-bond donors (Lipinski definition) is 1. The fourth-order valence-electron chi connectivity index (χ4n) is 4.10. The van der Waals surface area contributed by atoms with Gasteiger partial charge >= 0.3 is 0 Å². The molecular formula is C26H36N2O5S. The van der Waals surface area contributed by atoms with Gasteiger partial charge in [-0.05, 0) is 62.9 Å². The zero-order chi connectivity index (χ0) is 24.6. The summed E-state index contributed by atoms with van der Waals surface area (Å²) in [6.07, 6.45) is 6.94. The fraction of sp³-hybridized carbons (Fsp3) is 0.500. The number of nitrogens with zero attached hydrogens (tertiary/aromatic N) is 1. The van der Waals surface area contributed by atoms with Crippen molar-refractivity contribution in [1.82, 2.24) is 5.32 Å². The number of sulfonamides is 1. The summed E-state index contributed by atoms with van der Waals surface area (Å²) < 4.78 is 39.6. The van der Waals surface area contributed by atoms with E-state index in [0.717, 1.165) is 28.3 Å². The van der Waals surface area contributed by atoms with E-state index < -0.39 is 10.0 Å². The maximum Gasteiger partial charge on any atom is 0.264 e. The second-order valence-corrected chi connectivity index (χ2v) is 10.7. The highest BCUT2D eigenvalue weighted by Crippen LogP contribution is 2.33. The van der Waals surface area contributed by atoms with Crippen LogP contribution < -0.4 is 14.4 Å². The van der Waals surface area contributed by atoms with Gasteiger partial charge in [-0.15, -0.1) is 0 Å². The molecule has 2 aromatic carbocycles. The van der Waals surface area contributed by atoms with Crippen LogP contribution in [0.1, 0.15) is 49.7 Å². The summed E-state index contributed by atoms with van der Waals surface area (Å²) in [4.78, 5) is 12.9. The molecule has 0 atom stereocenters. The molecule has 0 spiro atoms. The van der Waals surface area contributed by atoms with E-state index in [2.05, 4.69) is 5.32 Å². The molecule has 0 aliphatic heterocycles. The first-order chi connectivity index (χ1) is 16.3. The molecule has 34 heavy (non-hydrogen) atoms. The molecule has 0 heterocycles. The third-order valence-electron chi connectivity index (χ3n) is 6.05. The molecule has 0 bridgehead atoms. The molecule has 1 aliphatic rings. The minimum Gasteiger partial charge on any atom is -0.495 e. The molecule has 1 N–H and O–H groups in total. The summed E-state index contributed by atoms with van der Waals surface area (Å²) in [5.41, 5.74) is 2.14. The topological polar surface area (TPSA) is 84.9 Å². The number of anilines is 1. The van der Waals surface area contributed by atoms with Crippen molar-refractivity contribution in [3.63, 3.8) is 0 Å². The lowest BCUT2D eigenvalue weighted by Gasteiger charge is -2.26. The van der Waals surface area contributed by atoms with Crippen LogP contribution in [-0.2, 0) is 19.6 Å². The molecule has 0 radical (unpaired) electrons. The van der Waals surface area contributed by atoms with Crippen molar-refractivity contribution >= 4 is 21.6 Å². The Labute approximate surface area is 203 Å². The SMILES string of the molecule is COc1ccc(C)cc1N(CC(=O)NCCCOC1CCCCC1)S(=O)(=O)c1ccc(C)cc1. The van der Waals surface area contributed by atoms with Crippen molar-refractivity contribution in [2.75, 3.05) is 31.1 Å². The summed E-state index contributed by atoms with van der Waals surface area (Å²) in [5, 5.41) is 2.84. The lowest BCUT2D eigenvalue weighted by molar-refractivity contribution is -0.119. The van der Waals surface area contributed by atoms with Gasteiger partial charge in [-0.1, -0.05) is 43.0 Å². The molecule has 2 aromatic rings. The van der Waals surface area contributed by atoms with Crippen molar-refractivity contribution in [2.45, 2.75) is 63.4 Å². The van der Waals surface area contributed by atoms with E-state index in [0.29, 0.717) is 37.1 Å². The minimum atomic E-state index is -4.00. The Balaban J connectivity index is 1.70. The predicted molar refractivity (Wildman–Crippen MR) is 134 cm³/mol. The van der Waals surface area contributed by atoms with Crippen LogP contribution in [-0.4, -0.2) is 47.2 Å². The van der Waals surface area contributed by atoms with Gasteiger partial charge in [0, 0.05) is 13.2 Å². The summed E-state index contributed by atoms with van der Waals surface area (Å²) in [6, 6.07) is 11.9. The normalized spacial score (nSPS) is 14.6. The molecule has 1 aliphatic carbocycles. The van der Waals surface area contributed by atoms with Gasteiger partial charge < -0.3 is 14.8 Å². The number of aryl methyl sites for hydroxylation is 2. The molecule has 0 unspecified atom stereocenters.